The molecule has 3 heteroatoms. The van der Waals surface area contributed by atoms with Crippen molar-refractivity contribution in [3.63, 3.8) is 0 Å². The van der Waals surface area contributed by atoms with Crippen LogP contribution in [0.3, 0.4) is 0 Å². The molecule has 3 nitrogen and oxygen atoms in total. The van der Waals surface area contributed by atoms with Crippen molar-refractivity contribution in [1.29, 1.82) is 5.26 Å². The van der Waals surface area contributed by atoms with Crippen LogP contribution in [0.25, 0.3) is 0 Å². The Balaban J connectivity index is 3.70. The highest BCUT2D eigenvalue weighted by Crippen LogP contribution is 2.04. The van der Waals surface area contributed by atoms with Crippen LogP contribution in [0.5, 0.6) is 0 Å². The fraction of sp³-hybridized carbons (Fsp3) is 0.889. The topological polar surface area (TPSA) is 47.3 Å². The summed E-state index contributed by atoms with van der Waals surface area (Å²) in [6.45, 7) is 4.68. The van der Waals surface area contributed by atoms with Gasteiger partial charge in [0, 0.05) is 6.54 Å². The Morgan fingerprint density at radius 2 is 2.08 bits per heavy atom. The molecule has 0 aromatic rings. The van der Waals surface area contributed by atoms with Crippen molar-refractivity contribution in [3.05, 3.63) is 0 Å². The summed E-state index contributed by atoms with van der Waals surface area (Å²) >= 11 is 0. The molecule has 12 heavy (non-hydrogen) atoms. The molecule has 70 valence electrons. The zero-order valence-electron chi connectivity index (χ0n) is 7.95. The molecule has 0 aliphatic heterocycles. The summed E-state index contributed by atoms with van der Waals surface area (Å²) in [5, 5.41) is 19.2. The maximum atomic E-state index is 9.38. The Hall–Kier alpha value is -0.590. The molecule has 0 fully saturated rings. The van der Waals surface area contributed by atoms with E-state index in [0.29, 0.717) is 6.54 Å². The molecule has 0 amide bonds. The molecule has 0 aromatic carbocycles. The number of hydrogen-bond donors (Lipinski definition) is 1. The van der Waals surface area contributed by atoms with E-state index in [1.54, 1.807) is 0 Å². The highest BCUT2D eigenvalue weighted by atomic mass is 16.5. The van der Waals surface area contributed by atoms with Gasteiger partial charge in [-0.3, -0.25) is 0 Å². The van der Waals surface area contributed by atoms with Gasteiger partial charge >= 0.3 is 0 Å². The molecule has 0 spiro atoms. The van der Waals surface area contributed by atoms with Gasteiger partial charge in [0.1, 0.15) is 6.04 Å². The van der Waals surface area contributed by atoms with Crippen LogP contribution >= 0.6 is 0 Å². The number of hydrogen-bond acceptors (Lipinski definition) is 3. The predicted octanol–water partition coefficient (Wildman–Crippen LogP) is 2.17. The predicted molar refractivity (Wildman–Crippen MR) is 47.7 cm³/mol. The van der Waals surface area contributed by atoms with Crippen molar-refractivity contribution >= 4 is 0 Å². The summed E-state index contributed by atoms with van der Waals surface area (Å²) in [6, 6.07) is 1.77. The first-order chi connectivity index (χ1) is 5.76. The second kappa shape index (κ2) is 7.08. The van der Waals surface area contributed by atoms with Gasteiger partial charge in [-0.15, -0.1) is 0 Å². The lowest BCUT2D eigenvalue weighted by atomic mass is 10.2. The van der Waals surface area contributed by atoms with Crippen molar-refractivity contribution in [2.24, 2.45) is 0 Å². The highest BCUT2D eigenvalue weighted by molar-refractivity contribution is 4.88. The monoisotopic (exact) mass is 170 g/mol. The van der Waals surface area contributed by atoms with Gasteiger partial charge in [-0.1, -0.05) is 26.7 Å². The van der Waals surface area contributed by atoms with Crippen LogP contribution in [0.1, 0.15) is 39.5 Å². The molecule has 0 radical (unpaired) electrons. The van der Waals surface area contributed by atoms with Crippen LogP contribution in [0.2, 0.25) is 0 Å². The van der Waals surface area contributed by atoms with E-state index in [0.717, 1.165) is 30.7 Å². The maximum Gasteiger partial charge on any atom is 0.121 e. The Morgan fingerprint density at radius 3 is 2.50 bits per heavy atom. The quantitative estimate of drug-likeness (QED) is 0.621. The smallest absolute Gasteiger partial charge is 0.121 e. The summed E-state index contributed by atoms with van der Waals surface area (Å²) in [6.07, 6.45) is 3.66. The second-order valence-electron chi connectivity index (χ2n) is 2.95. The highest BCUT2D eigenvalue weighted by Gasteiger charge is 2.13. The van der Waals surface area contributed by atoms with Crippen LogP contribution in [-0.2, 0) is 0 Å². The van der Waals surface area contributed by atoms with Gasteiger partial charge in [-0.2, -0.15) is 10.3 Å². The van der Waals surface area contributed by atoms with E-state index in [4.69, 9.17) is 5.26 Å². The minimum absolute atomic E-state index is 0.318. The lowest BCUT2D eigenvalue weighted by molar-refractivity contribution is -0.113. The molecule has 0 saturated heterocycles. The van der Waals surface area contributed by atoms with Crippen LogP contribution < -0.4 is 0 Å². The zero-order chi connectivity index (χ0) is 9.40. The number of nitrogens with zero attached hydrogens (tertiary/aromatic N) is 2. The molecule has 0 saturated carbocycles. The summed E-state index contributed by atoms with van der Waals surface area (Å²) in [4.78, 5) is 0. The molecule has 1 N–H and O–H groups in total. The van der Waals surface area contributed by atoms with Crippen molar-refractivity contribution in [2.75, 3.05) is 6.54 Å². The largest absolute Gasteiger partial charge is 0.313 e. The molecular weight excluding hydrogens is 152 g/mol. The van der Waals surface area contributed by atoms with Gasteiger partial charge in [0.15, 0.2) is 0 Å². The Kier molecular flexibility index (Phi) is 6.73. The van der Waals surface area contributed by atoms with Crippen molar-refractivity contribution in [1.82, 2.24) is 5.06 Å². The first kappa shape index (κ1) is 11.4. The first-order valence-electron chi connectivity index (χ1n) is 4.61. The van der Waals surface area contributed by atoms with Crippen LogP contribution in [0.4, 0.5) is 0 Å². The third kappa shape index (κ3) is 4.32. The fourth-order valence-corrected chi connectivity index (χ4v) is 1.03. The average molecular weight is 170 g/mol. The summed E-state index contributed by atoms with van der Waals surface area (Å²) in [5.41, 5.74) is 0. The minimum Gasteiger partial charge on any atom is -0.313 e. The number of rotatable bonds is 6. The Labute approximate surface area is 74.6 Å². The third-order valence-corrected chi connectivity index (χ3v) is 1.81. The van der Waals surface area contributed by atoms with Crippen molar-refractivity contribution in [3.8, 4) is 6.07 Å². The fourth-order valence-electron chi connectivity index (χ4n) is 1.03. The number of hydroxylamine groups is 2. The maximum absolute atomic E-state index is 9.38. The first-order valence-corrected chi connectivity index (χ1v) is 4.61. The van der Waals surface area contributed by atoms with Gasteiger partial charge in [0.25, 0.3) is 0 Å². The van der Waals surface area contributed by atoms with Gasteiger partial charge in [-0.25, -0.2) is 0 Å². The standard InChI is InChI=1S/C9H18N2O/c1-3-5-7-11(12)9(8-10)6-4-2/h9,12H,3-7H2,1-2H3. The average Bonchev–Trinajstić information content (AvgIpc) is 2.10. The van der Waals surface area contributed by atoms with Gasteiger partial charge < -0.3 is 5.21 Å². The molecule has 0 rings (SSSR count). The normalized spacial score (nSPS) is 12.9. The third-order valence-electron chi connectivity index (χ3n) is 1.81. The molecule has 0 heterocycles. The van der Waals surface area contributed by atoms with E-state index in [-0.39, 0.29) is 6.04 Å². The van der Waals surface area contributed by atoms with E-state index >= 15 is 0 Å². The van der Waals surface area contributed by atoms with Crippen LogP contribution in [-0.4, -0.2) is 22.9 Å². The molecule has 1 atom stereocenters. The van der Waals surface area contributed by atoms with E-state index in [2.05, 4.69) is 13.0 Å². The zero-order valence-corrected chi connectivity index (χ0v) is 7.95. The molecule has 0 aliphatic rings. The molecule has 0 bridgehead atoms. The van der Waals surface area contributed by atoms with E-state index in [9.17, 15) is 5.21 Å². The molecule has 1 unspecified atom stereocenters. The second-order valence-corrected chi connectivity index (χ2v) is 2.95. The number of nitriles is 1. The lowest BCUT2D eigenvalue weighted by Crippen LogP contribution is -2.31. The van der Waals surface area contributed by atoms with Gasteiger partial charge in [0.05, 0.1) is 6.07 Å². The van der Waals surface area contributed by atoms with Crippen LogP contribution in [0, 0.1) is 11.3 Å². The Bertz CT molecular complexity index is 142. The van der Waals surface area contributed by atoms with E-state index < -0.39 is 0 Å². The van der Waals surface area contributed by atoms with Gasteiger partial charge in [-0.05, 0) is 12.8 Å². The summed E-state index contributed by atoms with van der Waals surface area (Å²) in [5.74, 6) is 0. The summed E-state index contributed by atoms with van der Waals surface area (Å²) < 4.78 is 0. The number of unbranched alkanes of at least 4 members (excludes halogenated alkanes) is 1. The van der Waals surface area contributed by atoms with Gasteiger partial charge in [0.2, 0.25) is 0 Å². The molecule has 0 aliphatic carbocycles. The lowest BCUT2D eigenvalue weighted by Gasteiger charge is -2.19. The molecule has 0 aromatic heterocycles. The minimum atomic E-state index is -0.318. The SMILES string of the molecule is CCCCN(O)C(C#N)CCC. The summed E-state index contributed by atoms with van der Waals surface area (Å²) in [7, 11) is 0. The van der Waals surface area contributed by atoms with E-state index in [1.165, 1.54) is 0 Å². The van der Waals surface area contributed by atoms with Crippen LogP contribution in [0.15, 0.2) is 0 Å². The Morgan fingerprint density at radius 1 is 1.42 bits per heavy atom. The van der Waals surface area contributed by atoms with Crippen molar-refractivity contribution in [2.45, 2.75) is 45.6 Å². The molecular formula is C9H18N2O. The van der Waals surface area contributed by atoms with E-state index in [1.807, 2.05) is 6.92 Å². The van der Waals surface area contributed by atoms with Crippen molar-refractivity contribution < 1.29 is 5.21 Å².